The molecule has 2 heterocycles. The van der Waals surface area contributed by atoms with Gasteiger partial charge >= 0.3 is 5.97 Å². The third kappa shape index (κ3) is 5.21. The van der Waals surface area contributed by atoms with Gasteiger partial charge in [0.25, 0.3) is 0 Å². The number of likely N-dealkylation sites (tertiary alicyclic amines) is 1. The van der Waals surface area contributed by atoms with Crippen molar-refractivity contribution in [2.75, 3.05) is 31.2 Å². The van der Waals surface area contributed by atoms with Gasteiger partial charge < -0.3 is 16.2 Å². The van der Waals surface area contributed by atoms with Crippen LogP contribution in [0.15, 0.2) is 48.8 Å². The highest BCUT2D eigenvalue weighted by atomic mass is 35.5. The van der Waals surface area contributed by atoms with E-state index in [-0.39, 0.29) is 12.3 Å². The Labute approximate surface area is 205 Å². The number of hydrogen-bond donors (Lipinski definition) is 3. The molecule has 2 aromatic carbocycles. The Morgan fingerprint density at radius 2 is 2.18 bits per heavy atom. The number of nitrogen functional groups attached to an aromatic ring is 1. The van der Waals surface area contributed by atoms with Crippen molar-refractivity contribution in [2.45, 2.75) is 44.7 Å². The lowest BCUT2D eigenvalue weighted by Gasteiger charge is -2.33. The van der Waals surface area contributed by atoms with E-state index >= 15 is 0 Å². The first kappa shape index (κ1) is 24.1. The second-order valence-electron chi connectivity index (χ2n) is 9.01. The molecule has 4 rings (SSSR count). The first-order chi connectivity index (χ1) is 16.4. The number of hydrogen-bond acceptors (Lipinski definition) is 5. The number of aliphatic carboxylic acids is 1. The van der Waals surface area contributed by atoms with Crippen LogP contribution in [-0.4, -0.2) is 45.9 Å². The fourth-order valence-corrected chi connectivity index (χ4v) is 5.16. The van der Waals surface area contributed by atoms with Crippen molar-refractivity contribution >= 4 is 28.9 Å². The number of anilines is 2. The van der Waals surface area contributed by atoms with Gasteiger partial charge in [-0.05, 0) is 66.8 Å². The summed E-state index contributed by atoms with van der Waals surface area (Å²) in [4.78, 5) is 14.2. The Kier molecular flexibility index (Phi) is 7.44. The SMILES string of the molecule is CNc1ccc(C(CC(=O)O)c2ccc(Cl)c(CN3CCCC(n4cccn4)C3)c2)c(C)c1N. The molecule has 3 aromatic rings. The maximum absolute atomic E-state index is 11.8. The molecule has 1 aliphatic rings. The molecular weight excluding hydrogens is 450 g/mol. The molecule has 7 nitrogen and oxygen atoms in total. The monoisotopic (exact) mass is 481 g/mol. The van der Waals surface area contributed by atoms with Gasteiger partial charge in [0.15, 0.2) is 0 Å². The average molecular weight is 482 g/mol. The summed E-state index contributed by atoms with van der Waals surface area (Å²) in [5.74, 6) is -1.17. The highest BCUT2D eigenvalue weighted by Crippen LogP contribution is 2.37. The molecule has 0 aliphatic carbocycles. The summed E-state index contributed by atoms with van der Waals surface area (Å²) in [6, 6.07) is 12.1. The summed E-state index contributed by atoms with van der Waals surface area (Å²) in [6.07, 6.45) is 6.02. The highest BCUT2D eigenvalue weighted by molar-refractivity contribution is 6.31. The number of nitrogens with zero attached hydrogens (tertiary/aromatic N) is 3. The zero-order valence-electron chi connectivity index (χ0n) is 19.7. The molecule has 1 aliphatic heterocycles. The quantitative estimate of drug-likeness (QED) is 0.395. The van der Waals surface area contributed by atoms with E-state index in [4.69, 9.17) is 17.3 Å². The zero-order valence-corrected chi connectivity index (χ0v) is 20.4. The standard InChI is InChI=1S/C26H32ClN5O2/c1-17-21(7-9-24(29-2)26(17)28)22(14-25(33)34)18-6-8-23(27)19(13-18)15-31-11-3-5-20(16-31)32-12-4-10-30-32/h4,6-10,12-13,20,22,29H,3,5,11,14-16,28H2,1-2H3,(H,33,34). The summed E-state index contributed by atoms with van der Waals surface area (Å²) in [6.45, 7) is 4.56. The van der Waals surface area contributed by atoms with Crippen LogP contribution >= 0.6 is 11.6 Å². The van der Waals surface area contributed by atoms with E-state index in [1.54, 1.807) is 0 Å². The molecule has 34 heavy (non-hydrogen) atoms. The van der Waals surface area contributed by atoms with E-state index in [0.29, 0.717) is 23.3 Å². The molecule has 0 saturated carbocycles. The lowest BCUT2D eigenvalue weighted by atomic mass is 9.84. The van der Waals surface area contributed by atoms with Crippen LogP contribution in [0.4, 0.5) is 11.4 Å². The Bertz CT molecular complexity index is 1150. The lowest BCUT2D eigenvalue weighted by Crippen LogP contribution is -2.36. The average Bonchev–Trinajstić information content (AvgIpc) is 3.36. The number of carboxylic acids is 1. The minimum Gasteiger partial charge on any atom is -0.481 e. The van der Waals surface area contributed by atoms with Gasteiger partial charge in [0.1, 0.15) is 0 Å². The highest BCUT2D eigenvalue weighted by Gasteiger charge is 2.25. The van der Waals surface area contributed by atoms with Crippen molar-refractivity contribution in [2.24, 2.45) is 0 Å². The predicted octanol–water partition coefficient (Wildman–Crippen LogP) is 4.91. The van der Waals surface area contributed by atoms with Crippen LogP contribution in [0.5, 0.6) is 0 Å². The fourth-order valence-electron chi connectivity index (χ4n) is 4.98. The fraction of sp³-hybridized carbons (Fsp3) is 0.385. The molecule has 0 radical (unpaired) electrons. The summed E-state index contributed by atoms with van der Waals surface area (Å²) in [7, 11) is 1.82. The summed E-state index contributed by atoms with van der Waals surface area (Å²) in [5, 5.41) is 17.9. The van der Waals surface area contributed by atoms with Crippen molar-refractivity contribution in [3.05, 3.63) is 76.1 Å². The summed E-state index contributed by atoms with van der Waals surface area (Å²) in [5.41, 5.74) is 11.6. The number of nitrogens with one attached hydrogen (secondary N) is 1. The molecule has 8 heteroatoms. The van der Waals surface area contributed by atoms with Gasteiger partial charge in [0, 0.05) is 43.5 Å². The molecule has 1 saturated heterocycles. The van der Waals surface area contributed by atoms with E-state index in [0.717, 1.165) is 53.9 Å². The van der Waals surface area contributed by atoms with Crippen LogP contribution in [0.2, 0.25) is 5.02 Å². The smallest absolute Gasteiger partial charge is 0.304 e. The number of rotatable bonds is 8. The van der Waals surface area contributed by atoms with Crippen LogP contribution in [0.25, 0.3) is 0 Å². The summed E-state index contributed by atoms with van der Waals surface area (Å²) >= 11 is 6.62. The molecule has 1 aromatic heterocycles. The molecular formula is C26H32ClN5O2. The molecule has 4 N–H and O–H groups in total. The van der Waals surface area contributed by atoms with Gasteiger partial charge in [-0.15, -0.1) is 0 Å². The number of aromatic nitrogens is 2. The van der Waals surface area contributed by atoms with Crippen LogP contribution in [0.1, 0.15) is 53.5 Å². The Morgan fingerprint density at radius 1 is 1.35 bits per heavy atom. The topological polar surface area (TPSA) is 96.4 Å². The number of benzene rings is 2. The molecule has 2 unspecified atom stereocenters. The van der Waals surface area contributed by atoms with E-state index in [1.807, 2.05) is 61.4 Å². The molecule has 2 atom stereocenters. The van der Waals surface area contributed by atoms with E-state index in [9.17, 15) is 9.90 Å². The van der Waals surface area contributed by atoms with Crippen LogP contribution in [0.3, 0.4) is 0 Å². The number of carboxylic acid groups (broad SMARTS) is 1. The third-order valence-electron chi connectivity index (χ3n) is 6.83. The number of carbonyl (C=O) groups is 1. The third-order valence-corrected chi connectivity index (χ3v) is 7.19. The minimum atomic E-state index is -0.852. The molecule has 0 spiro atoms. The van der Waals surface area contributed by atoms with Crippen LogP contribution in [-0.2, 0) is 11.3 Å². The van der Waals surface area contributed by atoms with Crippen molar-refractivity contribution in [1.29, 1.82) is 0 Å². The molecule has 180 valence electrons. The predicted molar refractivity (Wildman–Crippen MR) is 136 cm³/mol. The van der Waals surface area contributed by atoms with Crippen molar-refractivity contribution in [3.63, 3.8) is 0 Å². The lowest BCUT2D eigenvalue weighted by molar-refractivity contribution is -0.137. The van der Waals surface area contributed by atoms with Crippen LogP contribution < -0.4 is 11.1 Å². The first-order valence-corrected chi connectivity index (χ1v) is 12.0. The minimum absolute atomic E-state index is 0.0225. The molecule has 0 bridgehead atoms. The Balaban J connectivity index is 1.62. The Morgan fingerprint density at radius 3 is 2.88 bits per heavy atom. The Hall–Kier alpha value is -3.03. The largest absolute Gasteiger partial charge is 0.481 e. The van der Waals surface area contributed by atoms with Crippen molar-refractivity contribution < 1.29 is 9.90 Å². The number of nitrogens with two attached hydrogens (primary N) is 1. The van der Waals surface area contributed by atoms with Gasteiger partial charge in [-0.3, -0.25) is 14.4 Å². The summed E-state index contributed by atoms with van der Waals surface area (Å²) < 4.78 is 2.04. The van der Waals surface area contributed by atoms with E-state index < -0.39 is 5.97 Å². The van der Waals surface area contributed by atoms with Crippen molar-refractivity contribution in [3.8, 4) is 0 Å². The van der Waals surface area contributed by atoms with E-state index in [2.05, 4.69) is 21.4 Å². The van der Waals surface area contributed by atoms with Gasteiger partial charge in [-0.1, -0.05) is 29.8 Å². The second kappa shape index (κ2) is 10.5. The molecule has 0 amide bonds. The van der Waals surface area contributed by atoms with Crippen LogP contribution in [0, 0.1) is 6.92 Å². The number of halogens is 1. The normalized spacial score (nSPS) is 17.4. The number of piperidine rings is 1. The van der Waals surface area contributed by atoms with Gasteiger partial charge in [0.05, 0.1) is 23.8 Å². The zero-order chi connectivity index (χ0) is 24.2. The maximum atomic E-state index is 11.8. The second-order valence-corrected chi connectivity index (χ2v) is 9.42. The maximum Gasteiger partial charge on any atom is 0.304 e. The van der Waals surface area contributed by atoms with Gasteiger partial charge in [-0.25, -0.2) is 0 Å². The van der Waals surface area contributed by atoms with Gasteiger partial charge in [-0.2, -0.15) is 5.10 Å². The van der Waals surface area contributed by atoms with Gasteiger partial charge in [0.2, 0.25) is 0 Å². The first-order valence-electron chi connectivity index (χ1n) is 11.7. The van der Waals surface area contributed by atoms with Crippen molar-refractivity contribution in [1.82, 2.24) is 14.7 Å². The van der Waals surface area contributed by atoms with E-state index in [1.165, 1.54) is 0 Å². The molecule has 1 fully saturated rings.